The van der Waals surface area contributed by atoms with Crippen LogP contribution in [0.3, 0.4) is 0 Å². The van der Waals surface area contributed by atoms with Crippen molar-refractivity contribution < 1.29 is 4.39 Å². The number of benzene rings is 1. The third-order valence-corrected chi connectivity index (χ3v) is 2.67. The molecule has 0 bridgehead atoms. The summed E-state index contributed by atoms with van der Waals surface area (Å²) in [5.74, 6) is -0.215. The summed E-state index contributed by atoms with van der Waals surface area (Å²) in [5.41, 5.74) is 2.36. The molecule has 1 atom stereocenters. The number of hydrogen-bond donors (Lipinski definition) is 1. The average Bonchev–Trinajstić information content (AvgIpc) is 2.34. The van der Waals surface area contributed by atoms with Gasteiger partial charge < -0.3 is 5.32 Å². The summed E-state index contributed by atoms with van der Waals surface area (Å²) in [6.45, 7) is 1.87. The van der Waals surface area contributed by atoms with Crippen LogP contribution in [0.5, 0.6) is 0 Å². The molecule has 1 aromatic heterocycles. The van der Waals surface area contributed by atoms with Crippen molar-refractivity contribution in [2.75, 3.05) is 7.05 Å². The Hall–Kier alpha value is -1.81. The molecule has 0 saturated carbocycles. The van der Waals surface area contributed by atoms with Gasteiger partial charge in [-0.2, -0.15) is 0 Å². The number of aryl methyl sites for hydroxylation is 1. The second-order valence-corrected chi connectivity index (χ2v) is 3.92. The van der Waals surface area contributed by atoms with Gasteiger partial charge in [-0.1, -0.05) is 12.1 Å². The number of rotatable bonds is 3. The first-order valence-corrected chi connectivity index (χ1v) is 5.40. The molecule has 0 aliphatic rings. The molecule has 0 amide bonds. The van der Waals surface area contributed by atoms with Gasteiger partial charge in [-0.05, 0) is 25.6 Å². The SMILES string of the molecule is CNC(c1cncnc1)c1ccc(C)cc1F. The Morgan fingerprint density at radius 1 is 1.24 bits per heavy atom. The molecule has 0 radical (unpaired) electrons. The quantitative estimate of drug-likeness (QED) is 0.880. The summed E-state index contributed by atoms with van der Waals surface area (Å²) in [5, 5.41) is 3.07. The first-order valence-electron chi connectivity index (χ1n) is 5.40. The molecule has 0 saturated heterocycles. The second-order valence-electron chi connectivity index (χ2n) is 3.92. The molecule has 0 aliphatic carbocycles. The largest absolute Gasteiger partial charge is 0.309 e. The van der Waals surface area contributed by atoms with Crippen molar-refractivity contribution in [2.45, 2.75) is 13.0 Å². The molecule has 0 aliphatic heterocycles. The summed E-state index contributed by atoms with van der Waals surface area (Å²) in [7, 11) is 1.79. The lowest BCUT2D eigenvalue weighted by Crippen LogP contribution is -2.19. The van der Waals surface area contributed by atoms with Gasteiger partial charge in [-0.25, -0.2) is 14.4 Å². The van der Waals surface area contributed by atoms with Gasteiger partial charge in [0.1, 0.15) is 12.1 Å². The van der Waals surface area contributed by atoms with Crippen LogP contribution in [0.4, 0.5) is 4.39 Å². The van der Waals surface area contributed by atoms with Crippen molar-refractivity contribution in [3.8, 4) is 0 Å². The molecule has 1 unspecified atom stereocenters. The molecule has 2 rings (SSSR count). The second kappa shape index (κ2) is 5.01. The maximum atomic E-state index is 13.9. The molecule has 3 nitrogen and oxygen atoms in total. The molecule has 88 valence electrons. The predicted octanol–water partition coefficient (Wildman–Crippen LogP) is 2.23. The number of nitrogens with one attached hydrogen (secondary N) is 1. The molecule has 1 aromatic carbocycles. The zero-order valence-electron chi connectivity index (χ0n) is 9.81. The molecule has 4 heteroatoms. The van der Waals surface area contributed by atoms with Crippen LogP contribution >= 0.6 is 0 Å². The maximum Gasteiger partial charge on any atom is 0.128 e. The van der Waals surface area contributed by atoms with E-state index in [2.05, 4.69) is 15.3 Å². The lowest BCUT2D eigenvalue weighted by molar-refractivity contribution is 0.573. The summed E-state index contributed by atoms with van der Waals surface area (Å²) in [4.78, 5) is 7.91. The number of nitrogens with zero attached hydrogens (tertiary/aromatic N) is 2. The molecule has 0 fully saturated rings. The van der Waals surface area contributed by atoms with Crippen molar-refractivity contribution >= 4 is 0 Å². The van der Waals surface area contributed by atoms with Gasteiger partial charge in [0.15, 0.2) is 0 Å². The summed E-state index contributed by atoms with van der Waals surface area (Å²) >= 11 is 0. The van der Waals surface area contributed by atoms with Gasteiger partial charge in [0.2, 0.25) is 0 Å². The third-order valence-electron chi connectivity index (χ3n) is 2.67. The number of aromatic nitrogens is 2. The topological polar surface area (TPSA) is 37.8 Å². The van der Waals surface area contributed by atoms with Gasteiger partial charge in [-0.3, -0.25) is 0 Å². The van der Waals surface area contributed by atoms with Gasteiger partial charge >= 0.3 is 0 Å². The highest BCUT2D eigenvalue weighted by molar-refractivity contribution is 5.32. The van der Waals surface area contributed by atoms with Gasteiger partial charge in [0, 0.05) is 23.5 Å². The van der Waals surface area contributed by atoms with E-state index in [1.807, 2.05) is 13.0 Å². The molecule has 0 spiro atoms. The highest BCUT2D eigenvalue weighted by Crippen LogP contribution is 2.23. The third kappa shape index (κ3) is 2.47. The van der Waals surface area contributed by atoms with Gasteiger partial charge in [0.05, 0.1) is 6.04 Å². The van der Waals surface area contributed by atoms with Crippen LogP contribution in [-0.4, -0.2) is 17.0 Å². The Morgan fingerprint density at radius 3 is 2.53 bits per heavy atom. The van der Waals surface area contributed by atoms with Crippen molar-refractivity contribution in [1.82, 2.24) is 15.3 Å². The first-order chi connectivity index (χ1) is 8.22. The molecule has 17 heavy (non-hydrogen) atoms. The zero-order chi connectivity index (χ0) is 12.3. The van der Waals surface area contributed by atoms with E-state index in [1.54, 1.807) is 25.5 Å². The first kappa shape index (κ1) is 11.7. The summed E-state index contributed by atoms with van der Waals surface area (Å²) < 4.78 is 13.9. The minimum absolute atomic E-state index is 0.215. The fourth-order valence-electron chi connectivity index (χ4n) is 1.83. The highest BCUT2D eigenvalue weighted by Gasteiger charge is 2.16. The summed E-state index contributed by atoms with van der Waals surface area (Å²) in [6, 6.07) is 4.99. The Morgan fingerprint density at radius 2 is 1.94 bits per heavy atom. The lowest BCUT2D eigenvalue weighted by Gasteiger charge is -2.17. The normalized spacial score (nSPS) is 12.4. The van der Waals surface area contributed by atoms with E-state index in [1.165, 1.54) is 12.4 Å². The number of halogens is 1. The Bertz CT molecular complexity index is 499. The maximum absolute atomic E-state index is 13.9. The van der Waals surface area contributed by atoms with Crippen LogP contribution in [-0.2, 0) is 0 Å². The predicted molar refractivity (Wildman–Crippen MR) is 64.1 cm³/mol. The van der Waals surface area contributed by atoms with Crippen molar-refractivity contribution in [3.05, 3.63) is 59.4 Å². The lowest BCUT2D eigenvalue weighted by atomic mass is 10.00. The standard InChI is InChI=1S/C13H14FN3/c1-9-3-4-11(12(14)5-9)13(15-2)10-6-16-8-17-7-10/h3-8,13,15H,1-2H3. The van der Waals surface area contributed by atoms with Crippen molar-refractivity contribution in [2.24, 2.45) is 0 Å². The van der Waals surface area contributed by atoms with E-state index in [0.29, 0.717) is 5.56 Å². The minimum atomic E-state index is -0.225. The van der Waals surface area contributed by atoms with E-state index in [9.17, 15) is 4.39 Å². The Labute approximate surface area is 99.7 Å². The summed E-state index contributed by atoms with van der Waals surface area (Å²) in [6.07, 6.45) is 4.84. The van der Waals surface area contributed by atoms with Crippen LogP contribution in [0.2, 0.25) is 0 Å². The van der Waals surface area contributed by atoms with E-state index in [-0.39, 0.29) is 11.9 Å². The fourth-order valence-corrected chi connectivity index (χ4v) is 1.83. The van der Waals surface area contributed by atoms with E-state index >= 15 is 0 Å². The van der Waals surface area contributed by atoms with Crippen LogP contribution in [0.1, 0.15) is 22.7 Å². The minimum Gasteiger partial charge on any atom is -0.309 e. The number of hydrogen-bond acceptors (Lipinski definition) is 3. The van der Waals surface area contributed by atoms with E-state index in [0.717, 1.165) is 11.1 Å². The average molecular weight is 231 g/mol. The van der Waals surface area contributed by atoms with Gasteiger partial charge in [0.25, 0.3) is 0 Å². The smallest absolute Gasteiger partial charge is 0.128 e. The zero-order valence-corrected chi connectivity index (χ0v) is 9.81. The van der Waals surface area contributed by atoms with E-state index < -0.39 is 0 Å². The van der Waals surface area contributed by atoms with Crippen molar-refractivity contribution in [3.63, 3.8) is 0 Å². The Balaban J connectivity index is 2.42. The van der Waals surface area contributed by atoms with Crippen LogP contribution < -0.4 is 5.32 Å². The monoisotopic (exact) mass is 231 g/mol. The molecular formula is C13H14FN3. The van der Waals surface area contributed by atoms with Crippen molar-refractivity contribution in [1.29, 1.82) is 0 Å². The molecular weight excluding hydrogens is 217 g/mol. The van der Waals surface area contributed by atoms with Crippen LogP contribution in [0.25, 0.3) is 0 Å². The Kier molecular flexibility index (Phi) is 3.44. The molecule has 2 aromatic rings. The fraction of sp³-hybridized carbons (Fsp3) is 0.231. The molecule has 1 heterocycles. The van der Waals surface area contributed by atoms with E-state index in [4.69, 9.17) is 0 Å². The van der Waals surface area contributed by atoms with Crippen LogP contribution in [0.15, 0.2) is 36.9 Å². The van der Waals surface area contributed by atoms with Gasteiger partial charge in [-0.15, -0.1) is 0 Å². The highest BCUT2D eigenvalue weighted by atomic mass is 19.1. The molecule has 1 N–H and O–H groups in total. The van der Waals surface area contributed by atoms with Crippen LogP contribution in [0, 0.1) is 12.7 Å².